The molecule has 1 aliphatic heterocycles. The van der Waals surface area contributed by atoms with Crippen LogP contribution in [0, 0.1) is 5.41 Å². The average molecular weight is 419 g/mol. The Morgan fingerprint density at radius 1 is 1.13 bits per heavy atom. The van der Waals surface area contributed by atoms with Crippen molar-refractivity contribution < 1.29 is 23.9 Å². The second kappa shape index (κ2) is 9.06. The van der Waals surface area contributed by atoms with Gasteiger partial charge < -0.3 is 19.3 Å². The summed E-state index contributed by atoms with van der Waals surface area (Å²) in [6.07, 6.45) is 1.15. The van der Waals surface area contributed by atoms with E-state index in [0.29, 0.717) is 31.5 Å². The summed E-state index contributed by atoms with van der Waals surface area (Å²) in [5.74, 6) is -0.544. The number of anilines is 1. The minimum Gasteiger partial charge on any atom is -0.465 e. The van der Waals surface area contributed by atoms with Crippen molar-refractivity contribution in [3.05, 3.63) is 29.3 Å². The molecule has 1 atom stereocenters. The topological polar surface area (TPSA) is 76.2 Å². The van der Waals surface area contributed by atoms with E-state index in [9.17, 15) is 14.4 Å². The molecule has 0 spiro atoms. The molecule has 7 heteroatoms. The van der Waals surface area contributed by atoms with Crippen molar-refractivity contribution in [2.75, 3.05) is 31.6 Å². The number of benzene rings is 1. The van der Waals surface area contributed by atoms with Gasteiger partial charge in [0, 0.05) is 30.9 Å². The number of aldehydes is 1. The molecule has 0 saturated carbocycles. The maximum Gasteiger partial charge on any atom is 0.410 e. The fourth-order valence-electron chi connectivity index (χ4n) is 3.66. The zero-order valence-corrected chi connectivity index (χ0v) is 19.2. The van der Waals surface area contributed by atoms with Gasteiger partial charge in [-0.05, 0) is 50.8 Å². The van der Waals surface area contributed by atoms with Crippen LogP contribution in [-0.4, -0.2) is 61.6 Å². The molecule has 1 aromatic carbocycles. The van der Waals surface area contributed by atoms with Crippen LogP contribution in [0.15, 0.2) is 18.2 Å². The van der Waals surface area contributed by atoms with E-state index in [1.165, 1.54) is 7.11 Å². The lowest BCUT2D eigenvalue weighted by Crippen LogP contribution is -2.57. The lowest BCUT2D eigenvalue weighted by Gasteiger charge is -2.44. The lowest BCUT2D eigenvalue weighted by atomic mass is 9.86. The molecular formula is C23H34N2O5. The van der Waals surface area contributed by atoms with Crippen LogP contribution in [0.5, 0.6) is 0 Å². The van der Waals surface area contributed by atoms with Crippen molar-refractivity contribution >= 4 is 24.0 Å². The van der Waals surface area contributed by atoms with E-state index in [1.54, 1.807) is 12.1 Å². The Balaban J connectivity index is 2.30. The molecule has 1 amide bonds. The fraction of sp³-hybridized carbons (Fsp3) is 0.609. The third kappa shape index (κ3) is 6.21. The van der Waals surface area contributed by atoms with Crippen LogP contribution in [0.4, 0.5) is 10.5 Å². The Morgan fingerprint density at radius 3 is 2.33 bits per heavy atom. The van der Waals surface area contributed by atoms with Gasteiger partial charge in [0.25, 0.3) is 0 Å². The number of nitrogens with zero attached hydrogens (tertiary/aromatic N) is 2. The van der Waals surface area contributed by atoms with Crippen LogP contribution in [0.25, 0.3) is 0 Å². The molecule has 7 nitrogen and oxygen atoms in total. The molecule has 1 aliphatic rings. The Morgan fingerprint density at radius 2 is 1.80 bits per heavy atom. The number of amides is 1. The van der Waals surface area contributed by atoms with Gasteiger partial charge in [0.1, 0.15) is 5.60 Å². The normalized spacial score (nSPS) is 17.5. The largest absolute Gasteiger partial charge is 0.465 e. The van der Waals surface area contributed by atoms with E-state index in [2.05, 4.69) is 25.7 Å². The number of esters is 1. The van der Waals surface area contributed by atoms with E-state index < -0.39 is 11.6 Å². The molecule has 1 heterocycles. The van der Waals surface area contributed by atoms with E-state index in [0.717, 1.165) is 12.1 Å². The van der Waals surface area contributed by atoms with Crippen molar-refractivity contribution in [2.24, 2.45) is 5.41 Å². The Kier molecular flexibility index (Phi) is 7.16. The van der Waals surface area contributed by atoms with Gasteiger partial charge in [-0.2, -0.15) is 0 Å². The van der Waals surface area contributed by atoms with Gasteiger partial charge in [0.05, 0.1) is 18.7 Å². The zero-order chi connectivity index (χ0) is 22.7. The molecule has 166 valence electrons. The van der Waals surface area contributed by atoms with E-state index in [1.807, 2.05) is 31.7 Å². The van der Waals surface area contributed by atoms with E-state index in [-0.39, 0.29) is 23.1 Å². The smallest absolute Gasteiger partial charge is 0.410 e. The first kappa shape index (κ1) is 23.7. The third-order valence-corrected chi connectivity index (χ3v) is 4.89. The zero-order valence-electron chi connectivity index (χ0n) is 19.2. The SMILES string of the molecule is COC(=O)c1cc(N2CCN(C(=O)OC(C)(C)C)C(CC(C)(C)C)C2)ccc1C=O. The molecule has 30 heavy (non-hydrogen) atoms. The quantitative estimate of drug-likeness (QED) is 0.540. The number of rotatable bonds is 4. The first-order valence-electron chi connectivity index (χ1n) is 10.3. The summed E-state index contributed by atoms with van der Waals surface area (Å²) in [6.45, 7) is 13.8. The Bertz CT molecular complexity index is 792. The Hall–Kier alpha value is -2.57. The van der Waals surface area contributed by atoms with E-state index >= 15 is 0 Å². The number of carbonyl (C=O) groups excluding carboxylic acids is 3. The molecule has 0 bridgehead atoms. The van der Waals surface area contributed by atoms with Crippen LogP contribution in [0.1, 0.15) is 68.7 Å². The summed E-state index contributed by atoms with van der Waals surface area (Å²) in [5.41, 5.74) is 0.826. The molecule has 1 unspecified atom stereocenters. The second-order valence-electron chi connectivity index (χ2n) is 9.92. The van der Waals surface area contributed by atoms with Gasteiger partial charge in [-0.25, -0.2) is 9.59 Å². The molecule has 0 radical (unpaired) electrons. The summed E-state index contributed by atoms with van der Waals surface area (Å²) in [6, 6.07) is 5.11. The first-order valence-corrected chi connectivity index (χ1v) is 10.3. The maximum absolute atomic E-state index is 12.8. The predicted octanol–water partition coefficient (Wildman–Crippen LogP) is 4.15. The average Bonchev–Trinajstić information content (AvgIpc) is 2.64. The van der Waals surface area contributed by atoms with Gasteiger partial charge in [0.15, 0.2) is 6.29 Å². The monoisotopic (exact) mass is 418 g/mol. The number of hydrogen-bond acceptors (Lipinski definition) is 6. The second-order valence-corrected chi connectivity index (χ2v) is 9.92. The van der Waals surface area contributed by atoms with Gasteiger partial charge in [-0.15, -0.1) is 0 Å². The summed E-state index contributed by atoms with van der Waals surface area (Å²) >= 11 is 0. The van der Waals surface area contributed by atoms with Crippen LogP contribution in [0.2, 0.25) is 0 Å². The highest BCUT2D eigenvalue weighted by molar-refractivity contribution is 5.99. The standard InChI is InChI=1S/C23H34N2O5/c1-22(2,3)13-18-14-24(10-11-25(18)21(28)30-23(4,5)6)17-9-8-16(15-26)19(12-17)20(27)29-7/h8-9,12,15,18H,10-11,13-14H2,1-7H3. The summed E-state index contributed by atoms with van der Waals surface area (Å²) in [7, 11) is 1.29. The number of piperazine rings is 1. The van der Waals surface area contributed by atoms with Gasteiger partial charge in [0.2, 0.25) is 0 Å². The van der Waals surface area contributed by atoms with E-state index in [4.69, 9.17) is 9.47 Å². The maximum atomic E-state index is 12.8. The molecule has 1 saturated heterocycles. The predicted molar refractivity (Wildman–Crippen MR) is 116 cm³/mol. The number of hydrogen-bond donors (Lipinski definition) is 0. The number of ether oxygens (including phenoxy) is 2. The molecule has 1 fully saturated rings. The molecule has 0 N–H and O–H groups in total. The van der Waals surface area contributed by atoms with Crippen LogP contribution in [0.3, 0.4) is 0 Å². The van der Waals surface area contributed by atoms with Gasteiger partial charge in [-0.1, -0.05) is 20.8 Å². The molecule has 1 aromatic rings. The van der Waals surface area contributed by atoms with Crippen molar-refractivity contribution in [3.63, 3.8) is 0 Å². The van der Waals surface area contributed by atoms with Crippen LogP contribution in [-0.2, 0) is 9.47 Å². The molecule has 0 aliphatic carbocycles. The van der Waals surface area contributed by atoms with Crippen LogP contribution < -0.4 is 4.90 Å². The van der Waals surface area contributed by atoms with Gasteiger partial charge in [-0.3, -0.25) is 4.79 Å². The van der Waals surface area contributed by atoms with Gasteiger partial charge >= 0.3 is 12.1 Å². The van der Waals surface area contributed by atoms with Crippen molar-refractivity contribution in [1.29, 1.82) is 0 Å². The van der Waals surface area contributed by atoms with Crippen molar-refractivity contribution in [1.82, 2.24) is 4.90 Å². The van der Waals surface area contributed by atoms with Crippen LogP contribution >= 0.6 is 0 Å². The lowest BCUT2D eigenvalue weighted by molar-refractivity contribution is 0.00978. The molecule has 0 aromatic heterocycles. The summed E-state index contributed by atoms with van der Waals surface area (Å²) < 4.78 is 10.4. The van der Waals surface area contributed by atoms with Crippen molar-refractivity contribution in [2.45, 2.75) is 59.6 Å². The Labute approximate surface area is 179 Å². The highest BCUT2D eigenvalue weighted by Gasteiger charge is 2.35. The fourth-order valence-corrected chi connectivity index (χ4v) is 3.66. The minimum absolute atomic E-state index is 0.0203. The highest BCUT2D eigenvalue weighted by Crippen LogP contribution is 2.30. The number of methoxy groups -OCH3 is 1. The highest BCUT2D eigenvalue weighted by atomic mass is 16.6. The summed E-state index contributed by atoms with van der Waals surface area (Å²) in [5, 5.41) is 0. The number of carbonyl (C=O) groups is 3. The first-order chi connectivity index (χ1) is 13.8. The minimum atomic E-state index is -0.555. The third-order valence-electron chi connectivity index (χ3n) is 4.89. The van der Waals surface area contributed by atoms with Crippen molar-refractivity contribution in [3.8, 4) is 0 Å². The molecule has 2 rings (SSSR count). The summed E-state index contributed by atoms with van der Waals surface area (Å²) in [4.78, 5) is 40.1. The molecular weight excluding hydrogens is 384 g/mol.